The van der Waals surface area contributed by atoms with Crippen molar-refractivity contribution in [2.24, 2.45) is 7.05 Å². The lowest BCUT2D eigenvalue weighted by Crippen LogP contribution is -2.63. The van der Waals surface area contributed by atoms with Crippen LogP contribution in [-0.4, -0.2) is 43.9 Å². The first-order valence-electron chi connectivity index (χ1n) is 15.5. The zero-order valence-electron chi connectivity index (χ0n) is 25.4. The van der Waals surface area contributed by atoms with Crippen molar-refractivity contribution in [3.05, 3.63) is 136 Å². The number of likely N-dealkylation sites (N-methyl/N-ethyl adjacent to an activating group) is 1. The lowest BCUT2D eigenvalue weighted by Gasteiger charge is -2.54. The second-order valence-corrected chi connectivity index (χ2v) is 12.1. The van der Waals surface area contributed by atoms with E-state index in [0.717, 1.165) is 51.0 Å². The number of amides is 1. The van der Waals surface area contributed by atoms with E-state index in [2.05, 4.69) is 63.3 Å². The number of fused-ring (bicyclic) bond motifs is 8. The maximum atomic E-state index is 14.3. The molecule has 0 radical (unpaired) electrons. The van der Waals surface area contributed by atoms with Crippen molar-refractivity contribution < 1.29 is 4.79 Å². The van der Waals surface area contributed by atoms with Crippen LogP contribution in [0, 0.1) is 0 Å². The van der Waals surface area contributed by atoms with E-state index in [1.165, 1.54) is 10.9 Å². The highest BCUT2D eigenvalue weighted by molar-refractivity contribution is 6.04. The van der Waals surface area contributed by atoms with Gasteiger partial charge in [-0.2, -0.15) is 4.98 Å². The molecule has 3 aromatic heterocycles. The van der Waals surface area contributed by atoms with Crippen molar-refractivity contribution in [1.82, 2.24) is 24.4 Å². The number of para-hydroxylation sites is 4. The van der Waals surface area contributed by atoms with E-state index in [0.29, 0.717) is 23.3 Å². The number of anilines is 1. The summed E-state index contributed by atoms with van der Waals surface area (Å²) in [5.41, 5.74) is 6.98. The number of aromatic amines is 2. The molecule has 46 heavy (non-hydrogen) atoms. The van der Waals surface area contributed by atoms with Gasteiger partial charge in [-0.05, 0) is 54.5 Å². The van der Waals surface area contributed by atoms with Gasteiger partial charge < -0.3 is 24.3 Å². The predicted octanol–water partition coefficient (Wildman–Crippen LogP) is 6.58. The molecule has 0 unspecified atom stereocenters. The van der Waals surface area contributed by atoms with Crippen LogP contribution < -0.4 is 10.5 Å². The number of H-pyrrole nitrogens is 2. The molecule has 224 valence electrons. The molecule has 2 N–H and O–H groups in total. The van der Waals surface area contributed by atoms with Gasteiger partial charge in [0, 0.05) is 48.0 Å². The number of aryl methyl sites for hydroxylation is 1. The first kappa shape index (κ1) is 26.5. The average Bonchev–Trinajstić information content (AvgIpc) is 3.66. The third kappa shape index (κ3) is 3.46. The number of benzene rings is 4. The van der Waals surface area contributed by atoms with Crippen LogP contribution in [-0.2, 0) is 19.1 Å². The first-order chi connectivity index (χ1) is 22.5. The molecule has 1 amide bonds. The van der Waals surface area contributed by atoms with E-state index in [4.69, 9.17) is 0 Å². The molecule has 0 saturated carbocycles. The van der Waals surface area contributed by atoms with Gasteiger partial charge in [0.05, 0.1) is 33.5 Å². The standard InChI is InChI=1S/C38H30N6O2/c1-42-31-17-9-5-13-27(31)36(45)41-35(42)33-25(23-11-3-7-15-29(23)39-33)19-21-38-34-26(24-12-4-8-16-30(24)40-34)20-22-44(38)37(46)28-14-6-10-18-32(28)43(38)2/h3-19,21,39-40H,20,22H2,1-2H3/b21-19+/t38-/m1/s1. The normalized spacial score (nSPS) is 17.7. The van der Waals surface area contributed by atoms with Crippen LogP contribution in [0.2, 0.25) is 0 Å². The molecule has 0 aliphatic carbocycles. The summed E-state index contributed by atoms with van der Waals surface area (Å²) in [6.07, 6.45) is 4.99. The third-order valence-corrected chi connectivity index (χ3v) is 9.90. The van der Waals surface area contributed by atoms with E-state index in [-0.39, 0.29) is 11.5 Å². The number of nitrogens with one attached hydrogen (secondary N) is 2. The highest BCUT2D eigenvalue weighted by Gasteiger charge is 2.52. The summed E-state index contributed by atoms with van der Waals surface area (Å²) >= 11 is 0. The fourth-order valence-corrected chi connectivity index (χ4v) is 7.70. The fourth-order valence-electron chi connectivity index (χ4n) is 7.70. The summed E-state index contributed by atoms with van der Waals surface area (Å²) in [5, 5.41) is 2.75. The monoisotopic (exact) mass is 602 g/mol. The van der Waals surface area contributed by atoms with E-state index in [1.54, 1.807) is 0 Å². The second-order valence-electron chi connectivity index (χ2n) is 12.1. The second kappa shape index (κ2) is 9.55. The lowest BCUT2D eigenvalue weighted by atomic mass is 9.85. The van der Waals surface area contributed by atoms with Crippen LogP contribution in [0.1, 0.15) is 27.2 Å². The summed E-state index contributed by atoms with van der Waals surface area (Å²) in [6, 6.07) is 31.8. The Morgan fingerprint density at radius 2 is 1.46 bits per heavy atom. The minimum atomic E-state index is -0.934. The molecule has 1 atom stereocenters. The molecule has 2 aliphatic rings. The molecular formula is C38H30N6O2. The van der Waals surface area contributed by atoms with Crippen LogP contribution >= 0.6 is 0 Å². The summed E-state index contributed by atoms with van der Waals surface area (Å²) in [4.78, 5) is 43.6. The summed E-state index contributed by atoms with van der Waals surface area (Å²) in [7, 11) is 4.00. The van der Waals surface area contributed by atoms with Crippen LogP contribution in [0.4, 0.5) is 5.69 Å². The van der Waals surface area contributed by atoms with Gasteiger partial charge in [-0.1, -0.05) is 66.7 Å². The van der Waals surface area contributed by atoms with Crippen molar-refractivity contribution >= 4 is 50.4 Å². The Balaban J connectivity index is 1.33. The van der Waals surface area contributed by atoms with E-state index in [9.17, 15) is 9.59 Å². The smallest absolute Gasteiger partial charge is 0.281 e. The van der Waals surface area contributed by atoms with Crippen LogP contribution in [0.25, 0.3) is 50.3 Å². The zero-order chi connectivity index (χ0) is 31.2. The number of carbonyl (C=O) groups excluding carboxylic acids is 1. The number of hydrogen-bond donors (Lipinski definition) is 2. The molecule has 0 bridgehead atoms. The van der Waals surface area contributed by atoms with Crippen molar-refractivity contribution in [2.75, 3.05) is 18.5 Å². The van der Waals surface area contributed by atoms with Gasteiger partial charge in [-0.3, -0.25) is 9.59 Å². The highest BCUT2D eigenvalue weighted by atomic mass is 16.2. The molecule has 7 aromatic rings. The predicted molar refractivity (Wildman–Crippen MR) is 183 cm³/mol. The third-order valence-electron chi connectivity index (χ3n) is 9.90. The first-order valence-corrected chi connectivity index (χ1v) is 15.5. The van der Waals surface area contributed by atoms with E-state index < -0.39 is 5.66 Å². The minimum Gasteiger partial charge on any atom is -0.354 e. The van der Waals surface area contributed by atoms with E-state index >= 15 is 0 Å². The zero-order valence-corrected chi connectivity index (χ0v) is 25.4. The molecule has 0 spiro atoms. The summed E-state index contributed by atoms with van der Waals surface area (Å²) in [6.45, 7) is 0.568. The van der Waals surface area contributed by atoms with Crippen molar-refractivity contribution in [3.63, 3.8) is 0 Å². The SMILES string of the molecule is CN1c2ccccc2C(=O)N2CCc3c([nH]c4ccccc34)[C@@]21/C=C/c1c(-c2nc(=O)c3ccccc3n2C)[nH]c2ccccc12. The van der Waals surface area contributed by atoms with Crippen molar-refractivity contribution in [2.45, 2.75) is 12.1 Å². The molecule has 4 aromatic carbocycles. The molecule has 8 heteroatoms. The number of hydrogen-bond acceptors (Lipinski definition) is 4. The lowest BCUT2D eigenvalue weighted by molar-refractivity contribution is 0.0499. The topological polar surface area (TPSA) is 90.0 Å². The minimum absolute atomic E-state index is 0.000369. The molecule has 5 heterocycles. The number of nitrogens with zero attached hydrogens (tertiary/aromatic N) is 4. The van der Waals surface area contributed by atoms with E-state index in [1.807, 2.05) is 89.3 Å². The van der Waals surface area contributed by atoms with Crippen molar-refractivity contribution in [1.29, 1.82) is 0 Å². The Hall–Kier alpha value is -5.89. The Kier molecular flexibility index (Phi) is 5.50. The fraction of sp³-hybridized carbons (Fsp3) is 0.132. The number of carbonyl (C=O) groups is 1. The van der Waals surface area contributed by atoms with Gasteiger partial charge in [0.2, 0.25) is 0 Å². The molecule has 2 aliphatic heterocycles. The van der Waals surface area contributed by atoms with Crippen LogP contribution in [0.5, 0.6) is 0 Å². The number of rotatable bonds is 3. The van der Waals surface area contributed by atoms with Gasteiger partial charge in [-0.25, -0.2) is 0 Å². The van der Waals surface area contributed by atoms with Crippen LogP contribution in [0.15, 0.2) is 108 Å². The Labute approximate surface area is 264 Å². The van der Waals surface area contributed by atoms with Crippen LogP contribution in [0.3, 0.4) is 0 Å². The van der Waals surface area contributed by atoms with Gasteiger partial charge >= 0.3 is 0 Å². The summed E-state index contributed by atoms with van der Waals surface area (Å²) < 4.78 is 1.96. The molecule has 0 saturated heterocycles. The maximum Gasteiger partial charge on any atom is 0.281 e. The van der Waals surface area contributed by atoms with Crippen molar-refractivity contribution in [3.8, 4) is 11.5 Å². The quantitative estimate of drug-likeness (QED) is 0.239. The molecule has 9 rings (SSSR count). The molecule has 8 nitrogen and oxygen atoms in total. The molecule has 0 fully saturated rings. The van der Waals surface area contributed by atoms with Gasteiger partial charge in [0.25, 0.3) is 11.5 Å². The Bertz CT molecular complexity index is 2480. The largest absolute Gasteiger partial charge is 0.354 e. The average molecular weight is 603 g/mol. The highest BCUT2D eigenvalue weighted by Crippen LogP contribution is 2.48. The Morgan fingerprint density at radius 1 is 0.783 bits per heavy atom. The number of aromatic nitrogens is 4. The maximum absolute atomic E-state index is 14.3. The van der Waals surface area contributed by atoms with Gasteiger partial charge in [0.1, 0.15) is 0 Å². The van der Waals surface area contributed by atoms with Gasteiger partial charge in [-0.15, -0.1) is 0 Å². The summed E-state index contributed by atoms with van der Waals surface area (Å²) in [5.74, 6) is 0.544. The van der Waals surface area contributed by atoms with Gasteiger partial charge in [0.15, 0.2) is 11.5 Å². The Morgan fingerprint density at radius 3 is 2.28 bits per heavy atom. The molecular weight excluding hydrogens is 572 g/mol.